The van der Waals surface area contributed by atoms with Gasteiger partial charge in [0, 0.05) is 25.2 Å². The molecule has 0 saturated carbocycles. The van der Waals surface area contributed by atoms with Gasteiger partial charge in [-0.2, -0.15) is 0 Å². The molecular weight excluding hydrogens is 326 g/mol. The summed E-state index contributed by atoms with van der Waals surface area (Å²) in [5.41, 5.74) is 2.63. The molecule has 5 nitrogen and oxygen atoms in total. The Morgan fingerprint density at radius 2 is 1.69 bits per heavy atom. The Bertz CT molecular complexity index is 1050. The number of hydrogen-bond donors (Lipinski definition) is 0. The second kappa shape index (κ2) is 6.41. The van der Waals surface area contributed by atoms with Gasteiger partial charge in [-0.3, -0.25) is 14.2 Å². The molecule has 0 spiro atoms. The Labute approximate surface area is 151 Å². The summed E-state index contributed by atoms with van der Waals surface area (Å²) in [6, 6.07) is 15.3. The Morgan fingerprint density at radius 1 is 0.962 bits per heavy atom. The van der Waals surface area contributed by atoms with E-state index in [1.165, 1.54) is 0 Å². The number of amides is 1. The van der Waals surface area contributed by atoms with E-state index in [9.17, 15) is 9.59 Å². The third-order valence-electron chi connectivity index (χ3n) is 5.13. The minimum absolute atomic E-state index is 0.0424. The third-order valence-corrected chi connectivity index (χ3v) is 5.13. The molecule has 1 aliphatic heterocycles. The van der Waals surface area contributed by atoms with Gasteiger partial charge in [0.15, 0.2) is 0 Å². The van der Waals surface area contributed by atoms with Crippen LogP contribution in [0.3, 0.4) is 0 Å². The highest BCUT2D eigenvalue weighted by atomic mass is 16.2. The number of hydrogen-bond acceptors (Lipinski definition) is 3. The van der Waals surface area contributed by atoms with Crippen molar-refractivity contribution in [1.82, 2.24) is 9.55 Å². The quantitative estimate of drug-likeness (QED) is 0.729. The lowest BCUT2D eigenvalue weighted by atomic mass is 9.96. The fourth-order valence-electron chi connectivity index (χ4n) is 3.87. The number of anilines is 1. The maximum atomic E-state index is 13.0. The van der Waals surface area contributed by atoms with Gasteiger partial charge < -0.3 is 4.90 Å². The Balaban J connectivity index is 1.83. The number of nitrogens with zero attached hydrogens (tertiary/aromatic N) is 3. The zero-order valence-electron chi connectivity index (χ0n) is 15.0. The Kier molecular flexibility index (Phi) is 4.07. The van der Waals surface area contributed by atoms with Gasteiger partial charge >= 0.3 is 0 Å². The van der Waals surface area contributed by atoms with Crippen LogP contribution in [0.25, 0.3) is 10.9 Å². The number of carbonyl (C=O) groups is 1. The van der Waals surface area contributed by atoms with Crippen molar-refractivity contribution in [2.24, 2.45) is 0 Å². The normalized spacial score (nSPS) is 16.3. The maximum Gasteiger partial charge on any atom is 0.261 e. The van der Waals surface area contributed by atoms with Crippen molar-refractivity contribution in [2.45, 2.75) is 32.7 Å². The van der Waals surface area contributed by atoms with Gasteiger partial charge in [0.1, 0.15) is 5.82 Å². The molecule has 5 heteroatoms. The summed E-state index contributed by atoms with van der Waals surface area (Å²) in [5.74, 6) is 0.457. The summed E-state index contributed by atoms with van der Waals surface area (Å²) in [6.07, 6.45) is 0.431. The first kappa shape index (κ1) is 16.5. The number of likely N-dealkylation sites (N-methyl/N-ethyl adjacent to an activating group) is 1. The van der Waals surface area contributed by atoms with E-state index < -0.39 is 0 Å². The van der Waals surface area contributed by atoms with Crippen LogP contribution < -0.4 is 10.5 Å². The van der Waals surface area contributed by atoms with E-state index in [0.717, 1.165) is 11.3 Å². The SMILES string of the molecule is CCN1C(=O)C(Cc2nc3ccccc3c(=O)n2CC)c2ccccc21. The van der Waals surface area contributed by atoms with E-state index in [2.05, 4.69) is 0 Å². The zero-order chi connectivity index (χ0) is 18.3. The second-order valence-corrected chi connectivity index (χ2v) is 6.49. The average Bonchev–Trinajstić information content (AvgIpc) is 2.93. The van der Waals surface area contributed by atoms with Gasteiger partial charge in [-0.25, -0.2) is 4.98 Å². The first-order chi connectivity index (χ1) is 12.7. The highest BCUT2D eigenvalue weighted by molar-refractivity contribution is 6.05. The fraction of sp³-hybridized carbons (Fsp3) is 0.286. The molecule has 1 atom stereocenters. The smallest absolute Gasteiger partial charge is 0.261 e. The highest BCUT2D eigenvalue weighted by Crippen LogP contribution is 2.38. The topological polar surface area (TPSA) is 55.2 Å². The zero-order valence-corrected chi connectivity index (χ0v) is 15.0. The van der Waals surface area contributed by atoms with Crippen LogP contribution in [-0.4, -0.2) is 22.0 Å². The van der Waals surface area contributed by atoms with Gasteiger partial charge in [0.2, 0.25) is 5.91 Å². The van der Waals surface area contributed by atoms with Crippen LogP contribution in [0.2, 0.25) is 0 Å². The summed E-state index contributed by atoms with van der Waals surface area (Å²) >= 11 is 0. The highest BCUT2D eigenvalue weighted by Gasteiger charge is 2.36. The molecule has 132 valence electrons. The molecule has 3 aromatic rings. The largest absolute Gasteiger partial charge is 0.312 e. The van der Waals surface area contributed by atoms with Crippen LogP contribution >= 0.6 is 0 Å². The van der Waals surface area contributed by atoms with E-state index >= 15 is 0 Å². The monoisotopic (exact) mass is 347 g/mol. The van der Waals surface area contributed by atoms with Gasteiger partial charge in [-0.15, -0.1) is 0 Å². The third kappa shape index (κ3) is 2.43. The van der Waals surface area contributed by atoms with Gasteiger partial charge in [0.05, 0.1) is 16.8 Å². The number of rotatable bonds is 4. The van der Waals surface area contributed by atoms with Crippen molar-refractivity contribution < 1.29 is 4.79 Å². The molecule has 26 heavy (non-hydrogen) atoms. The molecule has 2 heterocycles. The lowest BCUT2D eigenvalue weighted by Gasteiger charge is -2.16. The van der Waals surface area contributed by atoms with Crippen LogP contribution in [-0.2, 0) is 17.8 Å². The average molecular weight is 347 g/mol. The minimum Gasteiger partial charge on any atom is -0.312 e. The molecule has 0 aliphatic carbocycles. The van der Waals surface area contributed by atoms with Crippen molar-refractivity contribution >= 4 is 22.5 Å². The molecular formula is C21H21N3O2. The van der Waals surface area contributed by atoms with Gasteiger partial charge in [-0.05, 0) is 37.6 Å². The summed E-state index contributed by atoms with van der Waals surface area (Å²) in [5, 5.41) is 0.617. The fourth-order valence-corrected chi connectivity index (χ4v) is 3.87. The van der Waals surface area contributed by atoms with E-state index in [-0.39, 0.29) is 17.4 Å². The molecule has 0 fully saturated rings. The molecule has 0 N–H and O–H groups in total. The predicted octanol–water partition coefficient (Wildman–Crippen LogP) is 3.11. The lowest BCUT2D eigenvalue weighted by molar-refractivity contribution is -0.119. The van der Waals surface area contributed by atoms with E-state index in [1.54, 1.807) is 10.6 Å². The number of benzene rings is 2. The molecule has 4 rings (SSSR count). The van der Waals surface area contributed by atoms with Crippen molar-refractivity contribution in [3.63, 3.8) is 0 Å². The summed E-state index contributed by atoms with van der Waals surface area (Å²) in [4.78, 5) is 32.3. The number of para-hydroxylation sites is 2. The first-order valence-corrected chi connectivity index (χ1v) is 9.04. The van der Waals surface area contributed by atoms with Crippen molar-refractivity contribution in [1.29, 1.82) is 0 Å². The molecule has 1 aliphatic rings. The molecule has 1 amide bonds. The molecule has 1 aromatic heterocycles. The van der Waals surface area contributed by atoms with Crippen molar-refractivity contribution in [2.75, 3.05) is 11.4 Å². The van der Waals surface area contributed by atoms with Crippen LogP contribution in [0, 0.1) is 0 Å². The molecule has 0 saturated heterocycles. The lowest BCUT2D eigenvalue weighted by Crippen LogP contribution is -2.31. The number of fused-ring (bicyclic) bond motifs is 2. The number of aromatic nitrogens is 2. The van der Waals surface area contributed by atoms with E-state index in [1.807, 2.05) is 61.2 Å². The maximum absolute atomic E-state index is 13.0. The van der Waals surface area contributed by atoms with Crippen molar-refractivity contribution in [3.8, 4) is 0 Å². The van der Waals surface area contributed by atoms with Crippen LogP contribution in [0.15, 0.2) is 53.3 Å². The standard InChI is InChI=1S/C21H21N3O2/c1-3-23-18-12-8-6-9-14(18)16(21(23)26)13-19-22-17-11-7-5-10-15(17)20(25)24(19)4-2/h5-12,16H,3-4,13H2,1-2H3. The first-order valence-electron chi connectivity index (χ1n) is 9.04. The Hall–Kier alpha value is -2.95. The summed E-state index contributed by atoms with van der Waals surface area (Å²) < 4.78 is 1.69. The minimum atomic E-state index is -0.294. The van der Waals surface area contributed by atoms with E-state index in [0.29, 0.717) is 36.2 Å². The second-order valence-electron chi connectivity index (χ2n) is 6.49. The Morgan fingerprint density at radius 3 is 2.46 bits per heavy atom. The molecule has 0 radical (unpaired) electrons. The number of carbonyl (C=O) groups excluding carboxylic acids is 1. The summed E-state index contributed by atoms with van der Waals surface area (Å²) in [6.45, 7) is 5.08. The van der Waals surface area contributed by atoms with Crippen LogP contribution in [0.1, 0.15) is 31.2 Å². The molecule has 1 unspecified atom stereocenters. The summed E-state index contributed by atoms with van der Waals surface area (Å²) in [7, 11) is 0. The van der Waals surface area contributed by atoms with Crippen LogP contribution in [0.4, 0.5) is 5.69 Å². The molecule has 2 aromatic carbocycles. The van der Waals surface area contributed by atoms with Crippen molar-refractivity contribution in [3.05, 3.63) is 70.3 Å². The predicted molar refractivity (Wildman–Crippen MR) is 103 cm³/mol. The van der Waals surface area contributed by atoms with Gasteiger partial charge in [0.25, 0.3) is 5.56 Å². The molecule has 0 bridgehead atoms. The van der Waals surface area contributed by atoms with E-state index in [4.69, 9.17) is 4.98 Å². The van der Waals surface area contributed by atoms with Gasteiger partial charge in [-0.1, -0.05) is 30.3 Å². The van der Waals surface area contributed by atoms with Crippen LogP contribution in [0.5, 0.6) is 0 Å².